The van der Waals surface area contributed by atoms with Crippen molar-refractivity contribution in [1.29, 1.82) is 0 Å². The molecule has 1 heterocycles. The van der Waals surface area contributed by atoms with Gasteiger partial charge in [0.1, 0.15) is 3.70 Å². The van der Waals surface area contributed by atoms with E-state index in [1.807, 2.05) is 22.6 Å². The first-order chi connectivity index (χ1) is 6.43. The molecule has 1 aromatic rings. The predicted octanol–water partition coefficient (Wildman–Crippen LogP) is 2.03. The van der Waals surface area contributed by atoms with Crippen LogP contribution in [-0.2, 0) is 0 Å². The molecule has 0 spiro atoms. The summed E-state index contributed by atoms with van der Waals surface area (Å²) in [5.41, 5.74) is 4.59. The van der Waals surface area contributed by atoms with Gasteiger partial charge in [0.05, 0.1) is 11.1 Å². The lowest BCUT2D eigenvalue weighted by Gasteiger charge is -2.08. The molecule has 1 amide bonds. The van der Waals surface area contributed by atoms with E-state index < -0.39 is 12.3 Å². The lowest BCUT2D eigenvalue weighted by Crippen LogP contribution is -2.16. The normalized spacial score (nSPS) is 10.6. The summed E-state index contributed by atoms with van der Waals surface area (Å²) >= 11 is 1.84. The third kappa shape index (κ3) is 2.17. The summed E-state index contributed by atoms with van der Waals surface area (Å²) in [7, 11) is 0. The minimum atomic E-state index is -2.73. The van der Waals surface area contributed by atoms with Crippen LogP contribution in [0.1, 0.15) is 28.0 Å². The van der Waals surface area contributed by atoms with Crippen molar-refractivity contribution in [3.63, 3.8) is 0 Å². The van der Waals surface area contributed by atoms with Crippen LogP contribution in [0.25, 0.3) is 0 Å². The number of amides is 1. The molecule has 0 unspecified atom stereocenters. The highest BCUT2D eigenvalue weighted by molar-refractivity contribution is 14.1. The Morgan fingerprint density at radius 1 is 1.64 bits per heavy atom. The highest BCUT2D eigenvalue weighted by Crippen LogP contribution is 2.26. The minimum absolute atomic E-state index is 0.140. The average Bonchev–Trinajstić information content (AvgIpc) is 2.01. The Hall–Kier alpha value is -0.790. The van der Waals surface area contributed by atoms with E-state index in [-0.39, 0.29) is 16.8 Å². The monoisotopic (exact) mass is 312 g/mol. The van der Waals surface area contributed by atoms with Crippen LogP contribution in [-0.4, -0.2) is 10.9 Å². The Labute approximate surface area is 92.8 Å². The van der Waals surface area contributed by atoms with E-state index in [1.54, 1.807) is 0 Å². The Morgan fingerprint density at radius 3 is 2.64 bits per heavy atom. The molecule has 1 aromatic heterocycles. The van der Waals surface area contributed by atoms with Crippen molar-refractivity contribution < 1.29 is 13.6 Å². The highest BCUT2D eigenvalue weighted by atomic mass is 127. The first kappa shape index (κ1) is 11.3. The van der Waals surface area contributed by atoms with E-state index in [9.17, 15) is 13.6 Å². The number of hydrogen-bond donors (Lipinski definition) is 1. The second-order valence-corrected chi connectivity index (χ2v) is 3.76. The SMILES string of the molecule is Cc1nc(I)cc(C(N)=O)c1C(F)F. The summed E-state index contributed by atoms with van der Waals surface area (Å²) in [5, 5.41) is 0. The largest absolute Gasteiger partial charge is 0.366 e. The molecule has 0 bridgehead atoms. The van der Waals surface area contributed by atoms with Crippen molar-refractivity contribution in [2.75, 3.05) is 0 Å². The molecule has 0 atom stereocenters. The van der Waals surface area contributed by atoms with Crippen LogP contribution in [0.3, 0.4) is 0 Å². The number of alkyl halides is 2. The molecule has 0 saturated carbocycles. The Morgan fingerprint density at radius 2 is 2.21 bits per heavy atom. The fourth-order valence-corrected chi connectivity index (χ4v) is 1.80. The maximum Gasteiger partial charge on any atom is 0.266 e. The first-order valence-corrected chi connectivity index (χ1v) is 4.76. The van der Waals surface area contributed by atoms with Gasteiger partial charge in [-0.15, -0.1) is 0 Å². The van der Waals surface area contributed by atoms with Crippen LogP contribution in [0.2, 0.25) is 0 Å². The molecule has 0 fully saturated rings. The predicted molar refractivity (Wildman–Crippen MR) is 55.2 cm³/mol. The molecule has 1 rings (SSSR count). The molecule has 14 heavy (non-hydrogen) atoms. The fraction of sp³-hybridized carbons (Fsp3) is 0.250. The van der Waals surface area contributed by atoms with Crippen LogP contribution < -0.4 is 5.73 Å². The molecule has 0 radical (unpaired) electrons. The van der Waals surface area contributed by atoms with E-state index in [1.165, 1.54) is 13.0 Å². The number of carbonyl (C=O) groups is 1. The number of primary amides is 1. The van der Waals surface area contributed by atoms with Crippen molar-refractivity contribution in [2.45, 2.75) is 13.3 Å². The molecule has 0 aliphatic heterocycles. The van der Waals surface area contributed by atoms with Gasteiger partial charge in [0.2, 0.25) is 5.91 Å². The van der Waals surface area contributed by atoms with Crippen molar-refractivity contribution in [2.24, 2.45) is 5.73 Å². The molecule has 2 N–H and O–H groups in total. The first-order valence-electron chi connectivity index (χ1n) is 3.68. The molecule has 0 aliphatic carbocycles. The standard InChI is InChI=1S/C8H7F2IN2O/c1-3-6(7(9)10)4(8(12)14)2-5(11)13-3/h2,7H,1H3,(H2,12,14). The van der Waals surface area contributed by atoms with Gasteiger partial charge in [0, 0.05) is 5.69 Å². The number of nitrogens with two attached hydrogens (primary N) is 1. The third-order valence-electron chi connectivity index (χ3n) is 1.70. The van der Waals surface area contributed by atoms with Crippen molar-refractivity contribution in [1.82, 2.24) is 4.98 Å². The average molecular weight is 312 g/mol. The van der Waals surface area contributed by atoms with Gasteiger partial charge >= 0.3 is 0 Å². The minimum Gasteiger partial charge on any atom is -0.366 e. The number of carbonyl (C=O) groups excluding carboxylic acids is 1. The molecular weight excluding hydrogens is 305 g/mol. The van der Waals surface area contributed by atoms with Crippen molar-refractivity contribution in [3.8, 4) is 0 Å². The van der Waals surface area contributed by atoms with E-state index in [0.717, 1.165) is 0 Å². The zero-order valence-electron chi connectivity index (χ0n) is 7.22. The van der Waals surface area contributed by atoms with Gasteiger partial charge in [-0.2, -0.15) is 0 Å². The Balaban J connectivity index is 3.44. The van der Waals surface area contributed by atoms with Crippen LogP contribution in [0, 0.1) is 10.6 Å². The number of halogens is 3. The van der Waals surface area contributed by atoms with E-state index in [2.05, 4.69) is 4.98 Å². The summed E-state index contributed by atoms with van der Waals surface area (Å²) in [6.07, 6.45) is -2.73. The van der Waals surface area contributed by atoms with Gasteiger partial charge < -0.3 is 5.73 Å². The van der Waals surface area contributed by atoms with Gasteiger partial charge in [-0.1, -0.05) is 0 Å². The van der Waals surface area contributed by atoms with Gasteiger partial charge in [0.25, 0.3) is 6.43 Å². The van der Waals surface area contributed by atoms with Crippen LogP contribution in [0.4, 0.5) is 8.78 Å². The number of pyridine rings is 1. The number of aromatic nitrogens is 1. The second kappa shape index (κ2) is 4.16. The maximum atomic E-state index is 12.5. The van der Waals surface area contributed by atoms with Crippen LogP contribution in [0.15, 0.2) is 6.07 Å². The van der Waals surface area contributed by atoms with Gasteiger partial charge in [-0.25, -0.2) is 13.8 Å². The summed E-state index contributed by atoms with van der Waals surface area (Å²) < 4.78 is 25.5. The van der Waals surface area contributed by atoms with Gasteiger partial charge in [-0.3, -0.25) is 4.79 Å². The number of rotatable bonds is 2. The third-order valence-corrected chi connectivity index (χ3v) is 2.25. The molecule has 0 aromatic carbocycles. The Kier molecular flexibility index (Phi) is 3.35. The Bertz CT molecular complexity index is 382. The summed E-state index contributed by atoms with van der Waals surface area (Å²) in [6.45, 7) is 1.43. The van der Waals surface area contributed by atoms with Crippen LogP contribution >= 0.6 is 22.6 Å². The molecule has 3 nitrogen and oxygen atoms in total. The van der Waals surface area contributed by atoms with Crippen molar-refractivity contribution in [3.05, 3.63) is 26.6 Å². The smallest absolute Gasteiger partial charge is 0.266 e. The fourth-order valence-electron chi connectivity index (χ4n) is 1.12. The molecule has 0 aliphatic rings. The summed E-state index contributed by atoms with van der Waals surface area (Å²) in [4.78, 5) is 14.7. The van der Waals surface area contributed by atoms with Gasteiger partial charge in [-0.05, 0) is 35.6 Å². The summed E-state index contributed by atoms with van der Waals surface area (Å²) in [5.74, 6) is -0.858. The zero-order chi connectivity index (χ0) is 10.9. The van der Waals surface area contributed by atoms with Crippen molar-refractivity contribution >= 4 is 28.5 Å². The number of aryl methyl sites for hydroxylation is 1. The zero-order valence-corrected chi connectivity index (χ0v) is 9.38. The van der Waals surface area contributed by atoms with E-state index >= 15 is 0 Å². The van der Waals surface area contributed by atoms with Gasteiger partial charge in [0.15, 0.2) is 0 Å². The molecular formula is C8H7F2IN2O. The number of nitrogens with zero attached hydrogens (tertiary/aromatic N) is 1. The lowest BCUT2D eigenvalue weighted by molar-refractivity contribution is 0.0985. The van der Waals surface area contributed by atoms with E-state index in [4.69, 9.17) is 5.73 Å². The van der Waals surface area contributed by atoms with Crippen LogP contribution in [0.5, 0.6) is 0 Å². The molecule has 0 saturated heterocycles. The topological polar surface area (TPSA) is 56.0 Å². The second-order valence-electron chi connectivity index (χ2n) is 2.66. The van der Waals surface area contributed by atoms with E-state index in [0.29, 0.717) is 3.70 Å². The highest BCUT2D eigenvalue weighted by Gasteiger charge is 2.20. The maximum absolute atomic E-state index is 12.5. The number of hydrogen-bond acceptors (Lipinski definition) is 2. The summed E-state index contributed by atoms with van der Waals surface area (Å²) in [6, 6.07) is 1.26. The molecule has 76 valence electrons. The quantitative estimate of drug-likeness (QED) is 0.671. The molecule has 6 heteroatoms. The lowest BCUT2D eigenvalue weighted by atomic mass is 10.1.